The van der Waals surface area contributed by atoms with E-state index in [-0.39, 0.29) is 5.54 Å². The molecule has 0 aromatic heterocycles. The molecule has 0 saturated carbocycles. The van der Waals surface area contributed by atoms with E-state index < -0.39 is 8.80 Å². The Labute approximate surface area is 170 Å². The Kier molecular flexibility index (Phi) is 12.7. The Balaban J connectivity index is 3.07. The minimum Gasteiger partial charge on any atom is -0.373 e. The quantitative estimate of drug-likeness (QED) is 0.173. The van der Waals surface area contributed by atoms with Gasteiger partial charge in [-0.05, 0) is 30.4 Å². The number of hydrogen-bond donors (Lipinski definition) is 0. The van der Waals surface area contributed by atoms with Gasteiger partial charge in [-0.25, -0.2) is 0 Å². The molecular formula is C21H37BrO3Si. The van der Waals surface area contributed by atoms with Crippen molar-refractivity contribution in [3.63, 3.8) is 0 Å². The van der Waals surface area contributed by atoms with Crippen LogP contribution in [0.5, 0.6) is 0 Å². The van der Waals surface area contributed by atoms with Gasteiger partial charge in [0.2, 0.25) is 0 Å². The maximum Gasteiger partial charge on any atom is 0.508 e. The summed E-state index contributed by atoms with van der Waals surface area (Å²) in [6, 6.07) is 8.68. The summed E-state index contributed by atoms with van der Waals surface area (Å²) >= 11 is 3.56. The summed E-state index contributed by atoms with van der Waals surface area (Å²) in [4.78, 5) is 0. The third-order valence-electron chi connectivity index (χ3n) is 4.54. The number of benzene rings is 1. The highest BCUT2D eigenvalue weighted by Gasteiger charge is 2.48. The summed E-state index contributed by atoms with van der Waals surface area (Å²) in [5.74, 6) is 0. The van der Waals surface area contributed by atoms with Crippen LogP contribution in [0.4, 0.5) is 0 Å². The second kappa shape index (κ2) is 13.9. The lowest BCUT2D eigenvalue weighted by Gasteiger charge is -2.35. The maximum absolute atomic E-state index is 6.44. The van der Waals surface area contributed by atoms with Gasteiger partial charge < -0.3 is 13.3 Å². The molecule has 0 fully saturated rings. The van der Waals surface area contributed by atoms with Crippen LogP contribution in [-0.2, 0) is 18.6 Å². The molecule has 1 aromatic rings. The second-order valence-corrected chi connectivity index (χ2v) is 10.3. The monoisotopic (exact) mass is 444 g/mol. The summed E-state index contributed by atoms with van der Waals surface area (Å²) in [6.07, 6.45) is 6.46. The molecule has 0 saturated heterocycles. The van der Waals surface area contributed by atoms with Crippen LogP contribution >= 0.6 is 15.9 Å². The zero-order valence-electron chi connectivity index (χ0n) is 17.1. The SMILES string of the molecule is CCCCO[Si](OCCCC)(OCCCC)C(C)c1cccc(CBr)c1. The first kappa shape index (κ1) is 23.8. The Morgan fingerprint density at radius 2 is 1.38 bits per heavy atom. The van der Waals surface area contributed by atoms with Gasteiger partial charge in [-0.1, -0.05) is 87.2 Å². The topological polar surface area (TPSA) is 27.7 Å². The van der Waals surface area contributed by atoms with Crippen LogP contribution in [0, 0.1) is 0 Å². The highest BCUT2D eigenvalue weighted by Crippen LogP contribution is 2.31. The summed E-state index contributed by atoms with van der Waals surface area (Å²) in [6.45, 7) is 10.9. The van der Waals surface area contributed by atoms with Crippen LogP contribution in [0.3, 0.4) is 0 Å². The summed E-state index contributed by atoms with van der Waals surface area (Å²) in [5, 5.41) is 0.853. The van der Waals surface area contributed by atoms with Crippen molar-refractivity contribution in [3.05, 3.63) is 35.4 Å². The zero-order chi connectivity index (χ0) is 19.3. The van der Waals surface area contributed by atoms with Crippen molar-refractivity contribution in [1.29, 1.82) is 0 Å². The third-order valence-corrected chi connectivity index (χ3v) is 8.40. The molecule has 0 spiro atoms. The molecular weight excluding hydrogens is 408 g/mol. The normalized spacial score (nSPS) is 13.1. The molecule has 1 aromatic carbocycles. The Morgan fingerprint density at radius 3 is 1.81 bits per heavy atom. The average molecular weight is 446 g/mol. The van der Waals surface area contributed by atoms with Gasteiger partial charge >= 0.3 is 8.80 Å². The lowest BCUT2D eigenvalue weighted by molar-refractivity contribution is 0.0488. The standard InChI is InChI=1S/C21H37BrO3Si/c1-5-8-14-23-26(24-15-9-6-2,25-16-10-7-3)19(4)21-13-11-12-20(17-21)18-22/h11-13,17,19H,5-10,14-16,18H2,1-4H3. The fraction of sp³-hybridized carbons (Fsp3) is 0.714. The van der Waals surface area contributed by atoms with Crippen molar-refractivity contribution < 1.29 is 13.3 Å². The molecule has 0 bridgehead atoms. The molecule has 0 aliphatic rings. The minimum atomic E-state index is -2.80. The van der Waals surface area contributed by atoms with E-state index >= 15 is 0 Å². The summed E-state index contributed by atoms with van der Waals surface area (Å²) < 4.78 is 19.3. The molecule has 0 radical (unpaired) electrons. The van der Waals surface area contributed by atoms with Gasteiger partial charge in [-0.15, -0.1) is 0 Å². The first-order valence-electron chi connectivity index (χ1n) is 10.2. The van der Waals surface area contributed by atoms with Crippen LogP contribution in [0.2, 0.25) is 0 Å². The molecule has 3 nitrogen and oxygen atoms in total. The van der Waals surface area contributed by atoms with Crippen LogP contribution in [0.25, 0.3) is 0 Å². The highest BCUT2D eigenvalue weighted by molar-refractivity contribution is 9.08. The van der Waals surface area contributed by atoms with Gasteiger partial charge in [0.25, 0.3) is 0 Å². The molecule has 0 heterocycles. The Morgan fingerprint density at radius 1 is 0.885 bits per heavy atom. The number of rotatable bonds is 15. The Hall–Kier alpha value is -0.203. The van der Waals surface area contributed by atoms with Crippen molar-refractivity contribution in [2.45, 2.75) is 77.1 Å². The largest absolute Gasteiger partial charge is 0.508 e. The molecule has 1 unspecified atom stereocenters. The fourth-order valence-electron chi connectivity index (χ4n) is 2.73. The van der Waals surface area contributed by atoms with Crippen LogP contribution in [0.1, 0.15) is 82.9 Å². The smallest absolute Gasteiger partial charge is 0.373 e. The molecule has 1 rings (SSSR count). The zero-order valence-corrected chi connectivity index (χ0v) is 19.6. The predicted octanol–water partition coefficient (Wildman–Crippen LogP) is 6.61. The van der Waals surface area contributed by atoms with Gasteiger partial charge in [0.1, 0.15) is 0 Å². The van der Waals surface area contributed by atoms with Crippen LogP contribution in [-0.4, -0.2) is 28.6 Å². The number of halogens is 1. The first-order valence-corrected chi connectivity index (χ1v) is 13.1. The van der Waals surface area contributed by atoms with Gasteiger partial charge in [-0.2, -0.15) is 0 Å². The fourth-order valence-corrected chi connectivity index (χ4v) is 5.95. The first-order chi connectivity index (χ1) is 12.6. The van der Waals surface area contributed by atoms with E-state index in [1.165, 1.54) is 11.1 Å². The van der Waals surface area contributed by atoms with E-state index in [1.807, 2.05) is 0 Å². The van der Waals surface area contributed by atoms with Gasteiger partial charge in [0.05, 0.1) is 5.54 Å². The number of hydrogen-bond acceptors (Lipinski definition) is 3. The number of unbranched alkanes of at least 4 members (excludes halogenated alkanes) is 3. The Bertz CT molecular complexity index is 458. The van der Waals surface area contributed by atoms with Crippen molar-refractivity contribution in [2.75, 3.05) is 19.8 Å². The van der Waals surface area contributed by atoms with Crippen molar-refractivity contribution >= 4 is 24.7 Å². The van der Waals surface area contributed by atoms with E-state index in [9.17, 15) is 0 Å². The van der Waals surface area contributed by atoms with E-state index in [2.05, 4.69) is 67.9 Å². The van der Waals surface area contributed by atoms with Gasteiger partial charge in [0.15, 0.2) is 0 Å². The maximum atomic E-state index is 6.44. The predicted molar refractivity (Wildman–Crippen MR) is 116 cm³/mol. The van der Waals surface area contributed by atoms with Crippen LogP contribution in [0.15, 0.2) is 24.3 Å². The van der Waals surface area contributed by atoms with Crippen molar-refractivity contribution in [3.8, 4) is 0 Å². The lowest BCUT2D eigenvalue weighted by Crippen LogP contribution is -2.51. The summed E-state index contributed by atoms with van der Waals surface area (Å²) in [5.41, 5.74) is 2.65. The average Bonchev–Trinajstić information content (AvgIpc) is 2.67. The highest BCUT2D eigenvalue weighted by atomic mass is 79.9. The molecule has 5 heteroatoms. The second-order valence-electron chi connectivity index (χ2n) is 6.81. The molecule has 26 heavy (non-hydrogen) atoms. The molecule has 1 atom stereocenters. The van der Waals surface area contributed by atoms with E-state index in [1.54, 1.807) is 0 Å². The van der Waals surface area contributed by atoms with Crippen LogP contribution < -0.4 is 0 Å². The number of alkyl halides is 1. The molecule has 0 aliphatic carbocycles. The molecule has 0 aliphatic heterocycles. The summed E-state index contributed by atoms with van der Waals surface area (Å²) in [7, 11) is -2.80. The molecule has 150 valence electrons. The minimum absolute atomic E-state index is 0.132. The lowest BCUT2D eigenvalue weighted by atomic mass is 10.1. The molecule has 0 amide bonds. The van der Waals surface area contributed by atoms with Crippen molar-refractivity contribution in [1.82, 2.24) is 0 Å². The van der Waals surface area contributed by atoms with E-state index in [4.69, 9.17) is 13.3 Å². The van der Waals surface area contributed by atoms with Gasteiger partial charge in [-0.3, -0.25) is 0 Å². The molecule has 0 N–H and O–H groups in total. The van der Waals surface area contributed by atoms with E-state index in [0.717, 1.165) is 43.9 Å². The van der Waals surface area contributed by atoms with Crippen molar-refractivity contribution in [2.24, 2.45) is 0 Å². The van der Waals surface area contributed by atoms with Gasteiger partial charge in [0, 0.05) is 25.2 Å². The third kappa shape index (κ3) is 7.81. The van der Waals surface area contributed by atoms with E-state index in [0.29, 0.717) is 19.8 Å².